The minimum atomic E-state index is 0. The molecule has 0 bridgehead atoms. The van der Waals surface area contributed by atoms with E-state index in [1.54, 1.807) is 0 Å². The zero-order valence-electron chi connectivity index (χ0n) is 2.03. The molecule has 0 aromatic heterocycles. The summed E-state index contributed by atoms with van der Waals surface area (Å²) >= 11 is 0. The topological polar surface area (TPSA) is 57.0 Å². The third-order valence-electron chi connectivity index (χ3n) is 0. The van der Waals surface area contributed by atoms with Crippen molar-refractivity contribution in [1.82, 2.24) is 0 Å². The van der Waals surface area contributed by atoms with Crippen molar-refractivity contribution in [3.8, 4) is 0 Å². The Labute approximate surface area is 66.3 Å². The average molecular weight is 194 g/mol. The van der Waals surface area contributed by atoms with E-state index in [4.69, 9.17) is 0 Å². The van der Waals surface area contributed by atoms with Gasteiger partial charge in [0.1, 0.15) is 0 Å². The molecule has 0 N–H and O–H groups in total. The third kappa shape index (κ3) is 27.5. The van der Waals surface area contributed by atoms with Crippen molar-refractivity contribution < 1.29 is 66.5 Å². The van der Waals surface area contributed by atoms with E-state index >= 15 is 0 Å². The summed E-state index contributed by atoms with van der Waals surface area (Å²) < 4.78 is 0. The van der Waals surface area contributed by atoms with Gasteiger partial charge in [0.2, 0.25) is 0 Å². The first kappa shape index (κ1) is 77.4. The molecule has 2 radical (unpaired) electrons. The van der Waals surface area contributed by atoms with E-state index in [0.717, 1.165) is 0 Å². The summed E-state index contributed by atoms with van der Waals surface area (Å²) in [4.78, 5) is 0. The SMILES string of the molecule is [Co].[Mn].[O-2].[O-2].[Ti+4]. The standard InChI is InChI=1S/Co.Mn.2O.Ti/q;;2*-2;+4. The predicted octanol–water partition coefficient (Wildman–Crippen LogP) is -0.245. The molecular weight excluding hydrogens is 194 g/mol. The van der Waals surface area contributed by atoms with Crippen molar-refractivity contribution in [2.24, 2.45) is 0 Å². The molecule has 2 nitrogen and oxygen atoms in total. The molecule has 5 heavy (non-hydrogen) atoms. The van der Waals surface area contributed by atoms with Gasteiger partial charge in [-0.15, -0.1) is 0 Å². The molecule has 0 aliphatic carbocycles. The minimum absolute atomic E-state index is 0. The molecule has 5 heteroatoms. The van der Waals surface area contributed by atoms with Crippen LogP contribution in [0.5, 0.6) is 0 Å². The monoisotopic (exact) mass is 194 g/mol. The van der Waals surface area contributed by atoms with E-state index in [0.29, 0.717) is 0 Å². The fourth-order valence-electron chi connectivity index (χ4n) is 0. The molecule has 32 valence electrons. The van der Waals surface area contributed by atoms with Crippen LogP contribution in [0.25, 0.3) is 0 Å². The molecule has 0 spiro atoms. The van der Waals surface area contributed by atoms with Crippen molar-refractivity contribution in [2.75, 3.05) is 0 Å². The van der Waals surface area contributed by atoms with Crippen LogP contribution in [0, 0.1) is 0 Å². The second-order valence-electron chi connectivity index (χ2n) is 0. The van der Waals surface area contributed by atoms with Gasteiger partial charge in [0.25, 0.3) is 0 Å². The van der Waals surface area contributed by atoms with Gasteiger partial charge in [0.05, 0.1) is 0 Å². The van der Waals surface area contributed by atoms with Gasteiger partial charge in [-0.2, -0.15) is 0 Å². The maximum Gasteiger partial charge on any atom is 4.00 e. The first-order chi connectivity index (χ1) is 0. The van der Waals surface area contributed by atoms with Gasteiger partial charge in [-0.1, -0.05) is 0 Å². The van der Waals surface area contributed by atoms with Crippen LogP contribution < -0.4 is 0 Å². The van der Waals surface area contributed by atoms with Crippen LogP contribution in [-0.2, 0) is 66.5 Å². The molecule has 0 amide bonds. The summed E-state index contributed by atoms with van der Waals surface area (Å²) in [5, 5.41) is 0. The van der Waals surface area contributed by atoms with E-state index < -0.39 is 0 Å². The maximum atomic E-state index is 0. The molecular formula is CoMnO2Ti. The van der Waals surface area contributed by atoms with Gasteiger partial charge in [-0.05, 0) is 0 Å². The number of rotatable bonds is 0. The Bertz CT molecular complexity index is 9.61. The predicted molar refractivity (Wildman–Crippen MR) is 1.37 cm³/mol. The van der Waals surface area contributed by atoms with Crippen LogP contribution in [0.2, 0.25) is 0 Å². The van der Waals surface area contributed by atoms with Crippen LogP contribution in [0.1, 0.15) is 0 Å². The zero-order chi connectivity index (χ0) is 0. The first-order valence-corrected chi connectivity index (χ1v) is 0. The molecule has 0 heterocycles. The molecule has 0 unspecified atom stereocenters. The van der Waals surface area contributed by atoms with Crippen LogP contribution in [0.15, 0.2) is 0 Å². The minimum Gasteiger partial charge on any atom is -2.00 e. The van der Waals surface area contributed by atoms with Gasteiger partial charge in [-0.3, -0.25) is 0 Å². The van der Waals surface area contributed by atoms with Gasteiger partial charge in [-0.25, -0.2) is 0 Å². The molecule has 0 aliphatic rings. The molecule has 0 aliphatic heterocycles. The smallest absolute Gasteiger partial charge is 2.00 e. The zero-order valence-corrected chi connectivity index (χ0v) is 5.81. The van der Waals surface area contributed by atoms with E-state index in [2.05, 4.69) is 0 Å². The largest absolute Gasteiger partial charge is 4.00 e. The Morgan fingerprint density at radius 3 is 0.800 bits per heavy atom. The number of hydrogen-bond acceptors (Lipinski definition) is 0. The van der Waals surface area contributed by atoms with E-state index in [1.807, 2.05) is 0 Å². The van der Waals surface area contributed by atoms with Crippen LogP contribution in [0.3, 0.4) is 0 Å². The Balaban J connectivity index is 0. The van der Waals surface area contributed by atoms with E-state index in [-0.39, 0.29) is 66.5 Å². The summed E-state index contributed by atoms with van der Waals surface area (Å²) in [6.45, 7) is 0. The van der Waals surface area contributed by atoms with Gasteiger partial charge in [0, 0.05) is 33.8 Å². The second-order valence-corrected chi connectivity index (χ2v) is 0. The molecule has 0 saturated heterocycles. The van der Waals surface area contributed by atoms with Crippen LogP contribution in [0.4, 0.5) is 0 Å². The summed E-state index contributed by atoms with van der Waals surface area (Å²) in [7, 11) is 0. The Hall–Kier alpha value is 1.66. The molecule has 0 rings (SSSR count). The summed E-state index contributed by atoms with van der Waals surface area (Å²) in [6, 6.07) is 0. The van der Waals surface area contributed by atoms with Crippen LogP contribution in [-0.4, -0.2) is 0 Å². The molecule has 0 aromatic carbocycles. The summed E-state index contributed by atoms with van der Waals surface area (Å²) in [5.41, 5.74) is 0. The third-order valence-corrected chi connectivity index (χ3v) is 0. The van der Waals surface area contributed by atoms with Gasteiger partial charge in [0.15, 0.2) is 0 Å². The molecule has 0 aromatic rings. The van der Waals surface area contributed by atoms with Crippen molar-refractivity contribution in [1.29, 1.82) is 0 Å². The van der Waals surface area contributed by atoms with E-state index in [9.17, 15) is 0 Å². The van der Waals surface area contributed by atoms with Crippen LogP contribution >= 0.6 is 0 Å². The first-order valence-electron chi connectivity index (χ1n) is 0. The molecule has 0 atom stereocenters. The molecule has 0 saturated carbocycles. The Kier molecular flexibility index (Phi) is 690. The van der Waals surface area contributed by atoms with Crippen molar-refractivity contribution in [3.63, 3.8) is 0 Å². The quantitative estimate of drug-likeness (QED) is 0.477. The van der Waals surface area contributed by atoms with Crippen molar-refractivity contribution in [3.05, 3.63) is 0 Å². The van der Waals surface area contributed by atoms with Crippen molar-refractivity contribution in [2.45, 2.75) is 0 Å². The summed E-state index contributed by atoms with van der Waals surface area (Å²) in [5.74, 6) is 0. The average Bonchev–Trinajstić information content (AvgIpc) is 0. The van der Waals surface area contributed by atoms with Gasteiger partial charge < -0.3 is 11.0 Å². The normalized spacial score (nSPS) is 0. The Morgan fingerprint density at radius 1 is 0.800 bits per heavy atom. The summed E-state index contributed by atoms with van der Waals surface area (Å²) in [6.07, 6.45) is 0. The van der Waals surface area contributed by atoms with E-state index in [1.165, 1.54) is 0 Å². The Morgan fingerprint density at radius 2 is 0.800 bits per heavy atom. The number of hydrogen-bond donors (Lipinski definition) is 0. The fraction of sp³-hybridized carbons (Fsp3) is 0. The van der Waals surface area contributed by atoms with Gasteiger partial charge >= 0.3 is 21.7 Å². The molecule has 0 fully saturated rings. The fourth-order valence-corrected chi connectivity index (χ4v) is 0. The second kappa shape index (κ2) is 44.6. The maximum absolute atomic E-state index is 0. The van der Waals surface area contributed by atoms with Crippen molar-refractivity contribution >= 4 is 0 Å².